The molecular formula is C16H16F3NO2. The fourth-order valence-electron chi connectivity index (χ4n) is 3.00. The lowest BCUT2D eigenvalue weighted by molar-refractivity contribution is -0.0702. The molecule has 2 aliphatic rings. The maximum Gasteiger partial charge on any atom is 0.417 e. The molecule has 1 aromatic carbocycles. The van der Waals surface area contributed by atoms with Crippen LogP contribution in [0.1, 0.15) is 32.3 Å². The fourth-order valence-corrected chi connectivity index (χ4v) is 3.00. The molecule has 22 heavy (non-hydrogen) atoms. The maximum atomic E-state index is 13.4. The van der Waals surface area contributed by atoms with Crippen LogP contribution >= 0.6 is 0 Å². The van der Waals surface area contributed by atoms with Crippen molar-refractivity contribution >= 4 is 5.57 Å². The third-order valence-electron chi connectivity index (χ3n) is 4.23. The predicted molar refractivity (Wildman–Crippen MR) is 76.6 cm³/mol. The molecule has 0 spiro atoms. The molecule has 0 fully saturated rings. The quantitative estimate of drug-likeness (QED) is 0.545. The Morgan fingerprint density at radius 3 is 2.59 bits per heavy atom. The van der Waals surface area contributed by atoms with Crippen molar-refractivity contribution in [2.45, 2.75) is 39.3 Å². The van der Waals surface area contributed by atoms with Crippen molar-refractivity contribution in [2.24, 2.45) is 0 Å². The first kappa shape index (κ1) is 14.9. The van der Waals surface area contributed by atoms with Crippen LogP contribution in [0.25, 0.3) is 5.57 Å². The van der Waals surface area contributed by atoms with Crippen LogP contribution in [-0.2, 0) is 6.42 Å². The van der Waals surface area contributed by atoms with Crippen molar-refractivity contribution in [1.82, 2.24) is 4.74 Å². The number of fused-ring (bicyclic) bond motifs is 2. The predicted octanol–water partition coefficient (Wildman–Crippen LogP) is 2.41. The monoisotopic (exact) mass is 311 g/mol. The topological polar surface area (TPSA) is 35.3 Å². The maximum absolute atomic E-state index is 13.4. The fraction of sp³-hybridized carbons (Fsp3) is 0.438. The number of benzene rings is 1. The number of rotatable bonds is 0. The van der Waals surface area contributed by atoms with Crippen molar-refractivity contribution < 1.29 is 17.9 Å². The standard InChI is InChI=1S/C16H16F3NO2/c1-9-10(2)22-14-8-13-11(5-3-4-6-20(13)21)7-12(14)15(9)16(17,18)19/h7-8H,3-6H2,1-2H3. The van der Waals surface area contributed by atoms with Gasteiger partial charge in [0, 0.05) is 22.8 Å². The van der Waals surface area contributed by atoms with Crippen molar-refractivity contribution in [3.8, 4) is 5.75 Å². The van der Waals surface area contributed by atoms with Gasteiger partial charge in [0.05, 0.1) is 11.6 Å². The summed E-state index contributed by atoms with van der Waals surface area (Å²) in [6.45, 7) is 3.27. The summed E-state index contributed by atoms with van der Waals surface area (Å²) in [4.78, 5) is 0. The summed E-state index contributed by atoms with van der Waals surface area (Å²) in [5, 5.41) is 12.5. The zero-order valence-electron chi connectivity index (χ0n) is 12.4. The van der Waals surface area contributed by atoms with Crippen molar-refractivity contribution in [1.29, 1.82) is 0 Å². The van der Waals surface area contributed by atoms with Crippen molar-refractivity contribution in [3.63, 3.8) is 0 Å². The van der Waals surface area contributed by atoms with Crippen LogP contribution in [0.2, 0.25) is 0 Å². The first-order valence-electron chi connectivity index (χ1n) is 7.21. The average molecular weight is 311 g/mol. The highest BCUT2D eigenvalue weighted by Gasteiger charge is 2.39. The Morgan fingerprint density at radius 2 is 1.91 bits per heavy atom. The molecule has 0 aromatic heterocycles. The summed E-state index contributed by atoms with van der Waals surface area (Å²) < 4.78 is 46.7. The van der Waals surface area contributed by atoms with Gasteiger partial charge in [0.1, 0.15) is 11.5 Å². The van der Waals surface area contributed by atoms with Crippen molar-refractivity contribution in [2.75, 3.05) is 6.54 Å². The average Bonchev–Trinajstić information content (AvgIpc) is 2.59. The summed E-state index contributed by atoms with van der Waals surface area (Å²) in [6, 6.07) is 2.92. The van der Waals surface area contributed by atoms with Gasteiger partial charge in [-0.2, -0.15) is 13.2 Å². The molecule has 0 saturated carbocycles. The molecule has 118 valence electrons. The first-order valence-corrected chi connectivity index (χ1v) is 7.21. The van der Waals surface area contributed by atoms with Crippen LogP contribution in [0.15, 0.2) is 23.5 Å². The third kappa shape index (κ3) is 2.36. The molecule has 1 aromatic rings. The Morgan fingerprint density at radius 1 is 1.18 bits per heavy atom. The van der Waals surface area contributed by atoms with E-state index in [4.69, 9.17) is 4.74 Å². The summed E-state index contributed by atoms with van der Waals surface area (Å²) in [6.07, 6.45) is -2.33. The molecule has 0 bridgehead atoms. The van der Waals surface area contributed by atoms with Crippen LogP contribution in [0.5, 0.6) is 5.75 Å². The number of halogens is 3. The normalized spacial score (nSPS) is 18.6. The first-order chi connectivity index (χ1) is 10.3. The lowest BCUT2D eigenvalue weighted by Crippen LogP contribution is -2.33. The molecule has 2 aliphatic heterocycles. The Bertz CT molecular complexity index is 791. The van der Waals surface area contributed by atoms with E-state index in [2.05, 4.69) is 0 Å². The van der Waals surface area contributed by atoms with Crippen LogP contribution in [0.4, 0.5) is 13.2 Å². The summed E-state index contributed by atoms with van der Waals surface area (Å²) >= 11 is 0. The van der Waals surface area contributed by atoms with Gasteiger partial charge >= 0.3 is 6.18 Å². The molecule has 0 N–H and O–H groups in total. The van der Waals surface area contributed by atoms with E-state index < -0.39 is 11.7 Å². The summed E-state index contributed by atoms with van der Waals surface area (Å²) in [7, 11) is 0. The second-order valence-electron chi connectivity index (χ2n) is 5.69. The number of allylic oxidation sites excluding steroid dienone is 2. The van der Waals surface area contributed by atoms with Crippen LogP contribution in [0, 0.1) is 5.21 Å². The van der Waals surface area contributed by atoms with E-state index in [1.165, 1.54) is 26.0 Å². The molecule has 0 unspecified atom stereocenters. The Balaban J connectivity index is 2.41. The smallest absolute Gasteiger partial charge is 0.417 e. The minimum absolute atomic E-state index is 0.0321. The second-order valence-corrected chi connectivity index (χ2v) is 5.69. The van der Waals surface area contributed by atoms with Gasteiger partial charge in [-0.05, 0) is 32.8 Å². The molecule has 3 nitrogen and oxygen atoms in total. The number of alkyl halides is 3. The number of ether oxygens (including phenoxy) is 1. The molecule has 0 amide bonds. The van der Waals surface area contributed by atoms with Gasteiger partial charge < -0.3 is 9.94 Å². The van der Waals surface area contributed by atoms with E-state index >= 15 is 0 Å². The molecule has 3 rings (SSSR count). The second kappa shape index (κ2) is 5.04. The van der Waals surface area contributed by atoms with Gasteiger partial charge in [-0.25, -0.2) is 4.74 Å². The van der Waals surface area contributed by atoms with Crippen molar-refractivity contribution in [3.05, 3.63) is 44.8 Å². The minimum atomic E-state index is -4.46. The molecule has 0 saturated heterocycles. The number of nitrogens with zero attached hydrogens (tertiary/aromatic N) is 1. The van der Waals surface area contributed by atoms with Crippen LogP contribution in [-0.4, -0.2) is 12.7 Å². The lowest BCUT2D eigenvalue weighted by atomic mass is 9.97. The largest absolute Gasteiger partial charge is 0.623 e. The van der Waals surface area contributed by atoms with Gasteiger partial charge in [0.25, 0.3) is 0 Å². The molecule has 0 atom stereocenters. The molecule has 0 aliphatic carbocycles. The number of hydrogen-bond donors (Lipinski definition) is 0. The number of aryl methyl sites for hydroxylation is 1. The lowest BCUT2D eigenvalue weighted by Gasteiger charge is -2.22. The molecule has 0 radical (unpaired) electrons. The van der Waals surface area contributed by atoms with Gasteiger partial charge in [-0.1, -0.05) is 0 Å². The zero-order valence-corrected chi connectivity index (χ0v) is 12.4. The van der Waals surface area contributed by atoms with E-state index in [1.807, 2.05) is 0 Å². The SMILES string of the molecule is CC1=C(C)C(C(F)(F)F)=c2cc3c(cc2O1)=[N+]([O-])CCCC3. The van der Waals surface area contributed by atoms with Gasteiger partial charge in [-0.3, -0.25) is 0 Å². The minimum Gasteiger partial charge on any atom is -0.623 e. The Labute approximate surface area is 125 Å². The van der Waals surface area contributed by atoms with E-state index in [0.29, 0.717) is 23.9 Å². The van der Waals surface area contributed by atoms with E-state index in [1.54, 1.807) is 0 Å². The summed E-state index contributed by atoms with van der Waals surface area (Å²) in [5.41, 5.74) is 0.0762. The van der Waals surface area contributed by atoms with E-state index in [0.717, 1.165) is 17.6 Å². The Hall–Kier alpha value is -1.98. The van der Waals surface area contributed by atoms with Gasteiger partial charge in [-0.15, -0.1) is 0 Å². The Kier molecular flexibility index (Phi) is 3.42. The van der Waals surface area contributed by atoms with E-state index in [-0.39, 0.29) is 22.3 Å². The highest BCUT2D eigenvalue weighted by molar-refractivity contribution is 5.71. The van der Waals surface area contributed by atoms with Gasteiger partial charge in [0.2, 0.25) is 5.36 Å². The third-order valence-corrected chi connectivity index (χ3v) is 4.23. The molecule has 6 heteroatoms. The highest BCUT2D eigenvalue weighted by atomic mass is 19.4. The van der Waals surface area contributed by atoms with Gasteiger partial charge in [0.15, 0.2) is 6.54 Å². The number of hydroxylamine groups is 1. The summed E-state index contributed by atoms with van der Waals surface area (Å²) in [5.74, 6) is 0.322. The zero-order chi connectivity index (χ0) is 16.1. The van der Waals surface area contributed by atoms with Crippen LogP contribution < -0.4 is 20.1 Å². The number of hydrogen-bond acceptors (Lipinski definition) is 2. The highest BCUT2D eigenvalue weighted by Crippen LogP contribution is 2.36. The van der Waals surface area contributed by atoms with Crippen LogP contribution in [0.3, 0.4) is 0 Å². The molecular weight excluding hydrogens is 295 g/mol. The van der Waals surface area contributed by atoms with E-state index in [9.17, 15) is 18.4 Å². The molecule has 2 heterocycles.